The molecule has 1 saturated heterocycles. The molecular weight excluding hydrogens is 296 g/mol. The molecule has 3 rings (SSSR count). The Bertz CT molecular complexity index is 651. The van der Waals surface area contributed by atoms with Crippen LogP contribution in [0.5, 0.6) is 0 Å². The summed E-state index contributed by atoms with van der Waals surface area (Å²) in [7, 11) is 0. The van der Waals surface area contributed by atoms with Gasteiger partial charge in [0.2, 0.25) is 11.8 Å². The summed E-state index contributed by atoms with van der Waals surface area (Å²) in [6.45, 7) is 7.26. The summed E-state index contributed by atoms with van der Waals surface area (Å²) in [6, 6.07) is -0.354. The first kappa shape index (κ1) is 15.6. The number of hydrogen-bond acceptors (Lipinski definition) is 6. The van der Waals surface area contributed by atoms with Crippen molar-refractivity contribution in [3.05, 3.63) is 24.4 Å². The summed E-state index contributed by atoms with van der Waals surface area (Å²) in [5, 5.41) is 8.15. The summed E-state index contributed by atoms with van der Waals surface area (Å²) < 4.78 is 6.87. The van der Waals surface area contributed by atoms with Gasteiger partial charge < -0.3 is 9.42 Å². The molecule has 0 saturated carbocycles. The maximum absolute atomic E-state index is 12.7. The third-order valence-corrected chi connectivity index (χ3v) is 4.24. The highest BCUT2D eigenvalue weighted by Crippen LogP contribution is 2.27. The zero-order valence-corrected chi connectivity index (χ0v) is 13.7. The van der Waals surface area contributed by atoms with Gasteiger partial charge in [0.05, 0.1) is 0 Å². The molecule has 1 fully saturated rings. The molecule has 0 radical (unpaired) electrons. The smallest absolute Gasteiger partial charge is 0.247 e. The van der Waals surface area contributed by atoms with E-state index in [2.05, 4.69) is 20.2 Å². The molecule has 0 aliphatic carbocycles. The second-order valence-corrected chi connectivity index (χ2v) is 6.32. The molecule has 8 nitrogen and oxygen atoms in total. The molecule has 3 heterocycles. The van der Waals surface area contributed by atoms with Crippen molar-refractivity contribution >= 4 is 5.91 Å². The molecule has 0 aromatic carbocycles. The largest absolute Gasteiger partial charge is 0.340 e. The van der Waals surface area contributed by atoms with Crippen LogP contribution < -0.4 is 0 Å². The third-order valence-electron chi connectivity index (χ3n) is 4.24. The lowest BCUT2D eigenvalue weighted by Crippen LogP contribution is -2.42. The van der Waals surface area contributed by atoms with E-state index in [4.69, 9.17) is 4.52 Å². The van der Waals surface area contributed by atoms with Gasteiger partial charge in [-0.1, -0.05) is 19.0 Å². The molecule has 1 aliphatic rings. The van der Waals surface area contributed by atoms with Crippen LogP contribution >= 0.6 is 0 Å². The van der Waals surface area contributed by atoms with E-state index in [1.165, 1.54) is 6.33 Å². The number of carbonyl (C=O) groups is 1. The Labute approximate surface area is 134 Å². The van der Waals surface area contributed by atoms with Crippen LogP contribution in [0, 0.1) is 0 Å². The van der Waals surface area contributed by atoms with Gasteiger partial charge in [-0.25, -0.2) is 9.67 Å². The minimum atomic E-state index is -0.354. The second-order valence-electron chi connectivity index (χ2n) is 6.32. The van der Waals surface area contributed by atoms with Crippen molar-refractivity contribution in [2.24, 2.45) is 0 Å². The van der Waals surface area contributed by atoms with Crippen LogP contribution in [0.1, 0.15) is 63.2 Å². The topological polar surface area (TPSA) is 89.9 Å². The maximum atomic E-state index is 12.7. The average Bonchev–Trinajstić information content (AvgIpc) is 3.25. The van der Waals surface area contributed by atoms with Gasteiger partial charge in [-0.2, -0.15) is 10.1 Å². The second kappa shape index (κ2) is 6.47. The van der Waals surface area contributed by atoms with Crippen LogP contribution in [0.2, 0.25) is 0 Å². The zero-order valence-electron chi connectivity index (χ0n) is 13.7. The first-order chi connectivity index (χ1) is 11.1. The van der Waals surface area contributed by atoms with Gasteiger partial charge in [0.15, 0.2) is 5.82 Å². The molecule has 2 aromatic rings. The molecule has 1 aliphatic heterocycles. The summed E-state index contributed by atoms with van der Waals surface area (Å²) in [5.41, 5.74) is 0. The lowest BCUT2D eigenvalue weighted by molar-refractivity contribution is -0.135. The Kier molecular flexibility index (Phi) is 4.40. The Morgan fingerprint density at radius 2 is 2.22 bits per heavy atom. The van der Waals surface area contributed by atoms with E-state index in [1.807, 2.05) is 25.7 Å². The van der Waals surface area contributed by atoms with Crippen molar-refractivity contribution < 1.29 is 9.32 Å². The molecule has 0 spiro atoms. The van der Waals surface area contributed by atoms with Gasteiger partial charge in [0.25, 0.3) is 0 Å². The van der Waals surface area contributed by atoms with Crippen LogP contribution in [0.3, 0.4) is 0 Å². The maximum Gasteiger partial charge on any atom is 0.247 e. The van der Waals surface area contributed by atoms with E-state index in [-0.39, 0.29) is 23.8 Å². The lowest BCUT2D eigenvalue weighted by atomic mass is 9.97. The number of hydrogen-bond donors (Lipinski definition) is 0. The summed E-state index contributed by atoms with van der Waals surface area (Å²) in [5.74, 6) is 1.75. The molecular formula is C15H22N6O2. The van der Waals surface area contributed by atoms with Crippen molar-refractivity contribution in [2.45, 2.75) is 51.5 Å². The predicted octanol–water partition coefficient (Wildman–Crippen LogP) is 1.75. The molecule has 2 atom stereocenters. The monoisotopic (exact) mass is 318 g/mol. The Balaban J connectivity index is 1.69. The van der Waals surface area contributed by atoms with Gasteiger partial charge in [0, 0.05) is 24.9 Å². The summed E-state index contributed by atoms with van der Waals surface area (Å²) in [6.07, 6.45) is 4.91. The van der Waals surface area contributed by atoms with Crippen molar-refractivity contribution in [3.8, 4) is 0 Å². The molecule has 23 heavy (non-hydrogen) atoms. The number of aromatic nitrogens is 5. The number of likely N-dealkylation sites (tertiary alicyclic amines) is 1. The number of carbonyl (C=O) groups excluding carboxylic acids is 1. The van der Waals surface area contributed by atoms with Gasteiger partial charge >= 0.3 is 0 Å². The van der Waals surface area contributed by atoms with E-state index in [1.54, 1.807) is 11.0 Å². The van der Waals surface area contributed by atoms with Crippen LogP contribution in [-0.4, -0.2) is 48.8 Å². The Morgan fingerprint density at radius 1 is 1.39 bits per heavy atom. The van der Waals surface area contributed by atoms with Gasteiger partial charge in [-0.3, -0.25) is 4.79 Å². The predicted molar refractivity (Wildman–Crippen MR) is 81.7 cm³/mol. The first-order valence-electron chi connectivity index (χ1n) is 8.02. The van der Waals surface area contributed by atoms with E-state index < -0.39 is 0 Å². The molecule has 2 aromatic heterocycles. The zero-order chi connectivity index (χ0) is 16.4. The normalized spacial score (nSPS) is 20.0. The number of rotatable bonds is 4. The van der Waals surface area contributed by atoms with Gasteiger partial charge in [0.1, 0.15) is 18.7 Å². The van der Waals surface area contributed by atoms with Crippen LogP contribution in [-0.2, 0) is 4.79 Å². The molecule has 0 N–H and O–H groups in total. The minimum absolute atomic E-state index is 0.0489. The van der Waals surface area contributed by atoms with E-state index in [9.17, 15) is 4.79 Å². The Hall–Kier alpha value is -2.25. The van der Waals surface area contributed by atoms with Crippen LogP contribution in [0.15, 0.2) is 17.2 Å². The molecule has 124 valence electrons. The lowest BCUT2D eigenvalue weighted by Gasteiger charge is -2.33. The van der Waals surface area contributed by atoms with E-state index in [0.29, 0.717) is 18.3 Å². The highest BCUT2D eigenvalue weighted by molar-refractivity contribution is 5.80. The van der Waals surface area contributed by atoms with Crippen molar-refractivity contribution in [3.63, 3.8) is 0 Å². The average molecular weight is 318 g/mol. The fraction of sp³-hybridized carbons (Fsp3) is 0.667. The fourth-order valence-corrected chi connectivity index (χ4v) is 2.83. The number of amides is 1. The molecule has 0 bridgehead atoms. The van der Waals surface area contributed by atoms with Crippen molar-refractivity contribution in [2.75, 3.05) is 13.1 Å². The first-order valence-corrected chi connectivity index (χ1v) is 8.02. The quantitative estimate of drug-likeness (QED) is 0.853. The highest BCUT2D eigenvalue weighted by Gasteiger charge is 2.31. The molecule has 1 amide bonds. The summed E-state index contributed by atoms with van der Waals surface area (Å²) in [4.78, 5) is 22.9. The highest BCUT2D eigenvalue weighted by atomic mass is 16.5. The van der Waals surface area contributed by atoms with E-state index >= 15 is 0 Å². The SMILES string of the molecule is CC(C)c1nc([C@H]2CCCN(C(=O)[C@@H](C)n3cncn3)C2)no1. The number of nitrogens with zero attached hydrogens (tertiary/aromatic N) is 6. The Morgan fingerprint density at radius 3 is 2.87 bits per heavy atom. The van der Waals surface area contributed by atoms with Crippen LogP contribution in [0.25, 0.3) is 0 Å². The third kappa shape index (κ3) is 3.25. The summed E-state index contributed by atoms with van der Waals surface area (Å²) >= 11 is 0. The number of piperidine rings is 1. The van der Waals surface area contributed by atoms with Gasteiger partial charge in [-0.15, -0.1) is 0 Å². The fourth-order valence-electron chi connectivity index (χ4n) is 2.83. The van der Waals surface area contributed by atoms with Crippen molar-refractivity contribution in [1.29, 1.82) is 0 Å². The standard InChI is InChI=1S/C15H22N6O2/c1-10(2)14-18-13(19-23-14)12-5-4-6-20(7-12)15(22)11(3)21-9-16-8-17-21/h8-12H,4-7H2,1-3H3/t11-,12+/m1/s1. The van der Waals surface area contributed by atoms with Gasteiger partial charge in [-0.05, 0) is 19.8 Å². The van der Waals surface area contributed by atoms with Crippen molar-refractivity contribution in [1.82, 2.24) is 29.8 Å². The molecule has 0 unspecified atom stereocenters. The van der Waals surface area contributed by atoms with Crippen LogP contribution in [0.4, 0.5) is 0 Å². The molecule has 8 heteroatoms. The minimum Gasteiger partial charge on any atom is -0.340 e. The van der Waals surface area contributed by atoms with E-state index in [0.717, 1.165) is 19.4 Å².